The van der Waals surface area contributed by atoms with Crippen LogP contribution in [0, 0.1) is 5.92 Å². The standard InChI is InChI=1S/C13H17NO6/c1-6-8(11(15)18-3)10(13(17)20-5)9(7(2)14-6)12(16)19-4/h10,14H,1-5H3. The second-order valence-corrected chi connectivity index (χ2v) is 4.14. The minimum absolute atomic E-state index is 0.0327. The summed E-state index contributed by atoms with van der Waals surface area (Å²) in [6, 6.07) is 0. The van der Waals surface area contributed by atoms with Crippen LogP contribution < -0.4 is 5.32 Å². The van der Waals surface area contributed by atoms with E-state index in [-0.39, 0.29) is 11.1 Å². The number of carbonyl (C=O) groups is 3. The fourth-order valence-electron chi connectivity index (χ4n) is 2.11. The molecule has 0 aromatic heterocycles. The molecule has 1 N–H and O–H groups in total. The summed E-state index contributed by atoms with van der Waals surface area (Å²) >= 11 is 0. The van der Waals surface area contributed by atoms with E-state index >= 15 is 0 Å². The number of carbonyl (C=O) groups excluding carboxylic acids is 3. The molecule has 0 radical (unpaired) electrons. The first kappa shape index (κ1) is 15.7. The summed E-state index contributed by atoms with van der Waals surface area (Å²) in [5.41, 5.74) is 0.922. The van der Waals surface area contributed by atoms with Gasteiger partial charge in [0.2, 0.25) is 0 Å². The van der Waals surface area contributed by atoms with Crippen LogP contribution in [0.4, 0.5) is 0 Å². The van der Waals surface area contributed by atoms with Crippen molar-refractivity contribution in [2.24, 2.45) is 5.92 Å². The van der Waals surface area contributed by atoms with Crippen LogP contribution in [0.5, 0.6) is 0 Å². The van der Waals surface area contributed by atoms with Crippen molar-refractivity contribution >= 4 is 17.9 Å². The van der Waals surface area contributed by atoms with Crippen LogP contribution in [0.1, 0.15) is 13.8 Å². The molecule has 110 valence electrons. The lowest BCUT2D eigenvalue weighted by Gasteiger charge is -2.27. The maximum Gasteiger partial charge on any atom is 0.336 e. The summed E-state index contributed by atoms with van der Waals surface area (Å²) < 4.78 is 14.0. The van der Waals surface area contributed by atoms with Gasteiger partial charge in [-0.05, 0) is 13.8 Å². The zero-order valence-corrected chi connectivity index (χ0v) is 12.0. The Hall–Kier alpha value is -2.31. The van der Waals surface area contributed by atoms with Crippen LogP contribution in [-0.2, 0) is 28.6 Å². The smallest absolute Gasteiger partial charge is 0.336 e. The Morgan fingerprint density at radius 3 is 1.55 bits per heavy atom. The summed E-state index contributed by atoms with van der Waals surface area (Å²) in [7, 11) is 3.57. The van der Waals surface area contributed by atoms with E-state index in [9.17, 15) is 14.4 Å². The highest BCUT2D eigenvalue weighted by atomic mass is 16.5. The van der Waals surface area contributed by atoms with Crippen molar-refractivity contribution in [1.29, 1.82) is 0 Å². The van der Waals surface area contributed by atoms with Crippen LogP contribution in [0.2, 0.25) is 0 Å². The number of allylic oxidation sites excluding steroid dienone is 2. The van der Waals surface area contributed by atoms with Gasteiger partial charge < -0.3 is 19.5 Å². The number of nitrogens with one attached hydrogen (secondary N) is 1. The molecule has 0 bridgehead atoms. The van der Waals surface area contributed by atoms with Gasteiger partial charge in [0.15, 0.2) is 0 Å². The molecule has 0 unspecified atom stereocenters. The monoisotopic (exact) mass is 283 g/mol. The number of hydrogen-bond donors (Lipinski definition) is 1. The van der Waals surface area contributed by atoms with Gasteiger partial charge in [-0.15, -0.1) is 0 Å². The van der Waals surface area contributed by atoms with Crippen molar-refractivity contribution in [1.82, 2.24) is 5.32 Å². The molecule has 7 nitrogen and oxygen atoms in total. The Kier molecular flexibility index (Phi) is 4.90. The number of dihydropyridines is 1. The highest BCUT2D eigenvalue weighted by Gasteiger charge is 2.41. The normalized spacial score (nSPS) is 15.7. The van der Waals surface area contributed by atoms with Crippen molar-refractivity contribution in [2.45, 2.75) is 13.8 Å². The molecule has 0 atom stereocenters. The van der Waals surface area contributed by atoms with Crippen LogP contribution >= 0.6 is 0 Å². The third kappa shape index (κ3) is 2.66. The van der Waals surface area contributed by atoms with Crippen LogP contribution in [0.3, 0.4) is 0 Å². The maximum atomic E-state index is 12.0. The van der Waals surface area contributed by atoms with Crippen LogP contribution in [-0.4, -0.2) is 39.2 Å². The predicted octanol–water partition coefficient (Wildman–Crippen LogP) is 0.273. The fraction of sp³-hybridized carbons (Fsp3) is 0.462. The second-order valence-electron chi connectivity index (χ2n) is 4.14. The summed E-state index contributed by atoms with van der Waals surface area (Å²) in [5, 5.41) is 2.87. The van der Waals surface area contributed by atoms with Gasteiger partial charge in [-0.25, -0.2) is 9.59 Å². The van der Waals surface area contributed by atoms with E-state index in [1.807, 2.05) is 0 Å². The molecule has 1 aliphatic heterocycles. The van der Waals surface area contributed by atoms with Crippen molar-refractivity contribution < 1.29 is 28.6 Å². The molecule has 20 heavy (non-hydrogen) atoms. The predicted molar refractivity (Wildman–Crippen MR) is 68.1 cm³/mol. The molecule has 0 aliphatic carbocycles. The van der Waals surface area contributed by atoms with Crippen molar-refractivity contribution in [3.63, 3.8) is 0 Å². The Labute approximate surface area is 116 Å². The number of ether oxygens (including phenoxy) is 3. The molecule has 7 heteroatoms. The Morgan fingerprint density at radius 2 is 1.25 bits per heavy atom. The van der Waals surface area contributed by atoms with Crippen molar-refractivity contribution in [3.05, 3.63) is 22.5 Å². The molecule has 1 aliphatic rings. The van der Waals surface area contributed by atoms with E-state index in [0.717, 1.165) is 0 Å². The molecular weight excluding hydrogens is 266 g/mol. The number of esters is 3. The average Bonchev–Trinajstić information content (AvgIpc) is 2.44. The highest BCUT2D eigenvalue weighted by Crippen LogP contribution is 2.32. The van der Waals surface area contributed by atoms with Crippen molar-refractivity contribution in [3.8, 4) is 0 Å². The van der Waals surface area contributed by atoms with Gasteiger partial charge in [0.25, 0.3) is 0 Å². The number of hydrogen-bond acceptors (Lipinski definition) is 7. The van der Waals surface area contributed by atoms with E-state index < -0.39 is 23.8 Å². The third-order valence-electron chi connectivity index (χ3n) is 3.01. The minimum atomic E-state index is -1.17. The van der Waals surface area contributed by atoms with Crippen LogP contribution in [0.25, 0.3) is 0 Å². The van der Waals surface area contributed by atoms with Crippen molar-refractivity contribution in [2.75, 3.05) is 21.3 Å². The van der Waals surface area contributed by atoms with Gasteiger partial charge in [0, 0.05) is 11.4 Å². The largest absolute Gasteiger partial charge is 0.468 e. The molecule has 0 spiro atoms. The zero-order valence-electron chi connectivity index (χ0n) is 12.0. The van der Waals surface area contributed by atoms with Gasteiger partial charge in [-0.1, -0.05) is 0 Å². The van der Waals surface area contributed by atoms with Gasteiger partial charge >= 0.3 is 17.9 Å². The SMILES string of the molecule is COC(=O)C1=C(C)NC(C)=C(C(=O)OC)C1C(=O)OC. The Balaban J connectivity index is 3.45. The minimum Gasteiger partial charge on any atom is -0.468 e. The molecule has 1 rings (SSSR count). The van der Waals surface area contributed by atoms with E-state index in [0.29, 0.717) is 11.4 Å². The molecule has 0 aromatic carbocycles. The zero-order chi connectivity index (χ0) is 15.4. The summed E-state index contributed by atoms with van der Waals surface area (Å²) in [6.07, 6.45) is 0. The lowest BCUT2D eigenvalue weighted by atomic mass is 9.85. The van der Waals surface area contributed by atoms with Gasteiger partial charge in [-0.2, -0.15) is 0 Å². The summed E-state index contributed by atoms with van der Waals surface area (Å²) in [5.74, 6) is -3.31. The summed E-state index contributed by atoms with van der Waals surface area (Å²) in [4.78, 5) is 35.7. The van der Waals surface area contributed by atoms with E-state index in [4.69, 9.17) is 0 Å². The van der Waals surface area contributed by atoms with Gasteiger partial charge in [0.05, 0.1) is 32.5 Å². The Bertz CT molecular complexity index is 479. The van der Waals surface area contributed by atoms with E-state index in [1.54, 1.807) is 13.8 Å². The topological polar surface area (TPSA) is 90.9 Å². The molecule has 0 fully saturated rings. The third-order valence-corrected chi connectivity index (χ3v) is 3.01. The first-order chi connectivity index (χ1) is 9.38. The molecule has 1 heterocycles. The first-order valence-electron chi connectivity index (χ1n) is 5.82. The maximum absolute atomic E-state index is 12.0. The number of methoxy groups -OCH3 is 3. The van der Waals surface area contributed by atoms with Gasteiger partial charge in [-0.3, -0.25) is 4.79 Å². The van der Waals surface area contributed by atoms with E-state index in [1.165, 1.54) is 21.3 Å². The second kappa shape index (κ2) is 6.23. The summed E-state index contributed by atoms with van der Waals surface area (Å²) in [6.45, 7) is 3.22. The quantitative estimate of drug-likeness (QED) is 0.587. The number of rotatable bonds is 3. The first-order valence-corrected chi connectivity index (χ1v) is 5.82. The molecule has 0 amide bonds. The highest BCUT2D eigenvalue weighted by molar-refractivity contribution is 6.05. The van der Waals surface area contributed by atoms with Gasteiger partial charge in [0.1, 0.15) is 5.92 Å². The lowest BCUT2D eigenvalue weighted by molar-refractivity contribution is -0.148. The molecule has 0 aromatic rings. The van der Waals surface area contributed by atoms with E-state index in [2.05, 4.69) is 19.5 Å². The average molecular weight is 283 g/mol. The molecule has 0 saturated carbocycles. The molecule has 0 saturated heterocycles. The lowest BCUT2D eigenvalue weighted by Crippen LogP contribution is -2.37. The Morgan fingerprint density at radius 1 is 0.850 bits per heavy atom. The fourth-order valence-corrected chi connectivity index (χ4v) is 2.11. The molecular formula is C13H17NO6. The van der Waals surface area contributed by atoms with Crippen LogP contribution in [0.15, 0.2) is 22.5 Å².